The first-order valence-electron chi connectivity index (χ1n) is 4.31. The Labute approximate surface area is 88.9 Å². The van der Waals surface area contributed by atoms with E-state index in [0.29, 0.717) is 6.20 Å². The molecule has 0 bridgehead atoms. The lowest BCUT2D eigenvalue weighted by Gasteiger charge is -2.08. The highest BCUT2D eigenvalue weighted by Crippen LogP contribution is 2.28. The number of hydrogen-bond acceptors (Lipinski definition) is 3. The van der Waals surface area contributed by atoms with Crippen molar-refractivity contribution in [3.8, 4) is 0 Å². The summed E-state index contributed by atoms with van der Waals surface area (Å²) in [5.41, 5.74) is 4.55. The van der Waals surface area contributed by atoms with E-state index in [1.165, 1.54) is 0 Å². The molecule has 1 heterocycles. The molecule has 4 nitrogen and oxygen atoms in total. The van der Waals surface area contributed by atoms with Crippen LogP contribution in [0.2, 0.25) is 0 Å². The van der Waals surface area contributed by atoms with E-state index in [1.807, 2.05) is 0 Å². The van der Waals surface area contributed by atoms with Gasteiger partial charge >= 0.3 is 12.1 Å². The molecule has 0 aliphatic heterocycles. The predicted octanol–water partition coefficient (Wildman–Crippen LogP) is 1.05. The Morgan fingerprint density at radius 1 is 1.50 bits per heavy atom. The molecule has 3 N–H and O–H groups in total. The van der Waals surface area contributed by atoms with Gasteiger partial charge in [-0.15, -0.1) is 0 Å². The Morgan fingerprint density at radius 3 is 2.50 bits per heavy atom. The van der Waals surface area contributed by atoms with Crippen LogP contribution in [0.1, 0.15) is 11.3 Å². The Bertz CT molecular complexity index is 375. The first kappa shape index (κ1) is 12.4. The molecule has 0 amide bonds. The molecular weight excluding hydrogens is 225 g/mol. The van der Waals surface area contributed by atoms with Crippen molar-refractivity contribution < 1.29 is 23.1 Å². The van der Waals surface area contributed by atoms with Gasteiger partial charge in [-0.05, 0) is 12.1 Å². The summed E-state index contributed by atoms with van der Waals surface area (Å²) >= 11 is 0. The zero-order valence-electron chi connectivity index (χ0n) is 8.03. The Hall–Kier alpha value is -1.63. The summed E-state index contributed by atoms with van der Waals surface area (Å²) < 4.78 is 36.5. The topological polar surface area (TPSA) is 76.2 Å². The number of rotatable bonds is 3. The zero-order valence-corrected chi connectivity index (χ0v) is 8.03. The molecule has 1 aromatic rings. The summed E-state index contributed by atoms with van der Waals surface area (Å²) in [6, 6.07) is 0.798. The average Bonchev–Trinajstić information content (AvgIpc) is 2.17. The first-order valence-corrected chi connectivity index (χ1v) is 4.31. The average molecular weight is 234 g/mol. The molecule has 0 aliphatic carbocycles. The van der Waals surface area contributed by atoms with Crippen molar-refractivity contribution in [3.05, 3.63) is 29.6 Å². The second kappa shape index (κ2) is 4.48. The number of carboxylic acids is 1. The molecule has 0 saturated carbocycles. The van der Waals surface area contributed by atoms with E-state index in [0.717, 1.165) is 12.1 Å². The van der Waals surface area contributed by atoms with Crippen LogP contribution in [-0.4, -0.2) is 22.1 Å². The van der Waals surface area contributed by atoms with Gasteiger partial charge in [0.15, 0.2) is 0 Å². The van der Waals surface area contributed by atoms with E-state index in [1.54, 1.807) is 0 Å². The van der Waals surface area contributed by atoms with Gasteiger partial charge in [0.2, 0.25) is 0 Å². The maximum absolute atomic E-state index is 12.2. The summed E-state index contributed by atoms with van der Waals surface area (Å²) in [6.45, 7) is 0. The fourth-order valence-corrected chi connectivity index (χ4v) is 1.03. The number of nitrogens with zero attached hydrogens (tertiary/aromatic N) is 1. The van der Waals surface area contributed by atoms with Crippen molar-refractivity contribution in [2.45, 2.75) is 18.6 Å². The molecule has 1 aromatic heterocycles. The lowest BCUT2D eigenvalue weighted by molar-refractivity contribution is -0.139. The van der Waals surface area contributed by atoms with Crippen LogP contribution >= 0.6 is 0 Å². The van der Waals surface area contributed by atoms with Crippen LogP contribution in [0.15, 0.2) is 18.3 Å². The van der Waals surface area contributed by atoms with Gasteiger partial charge in [-0.3, -0.25) is 9.78 Å². The highest BCUT2D eigenvalue weighted by atomic mass is 19.4. The van der Waals surface area contributed by atoms with Gasteiger partial charge in [-0.2, -0.15) is 13.2 Å². The standard InChI is InChI=1S/C9H9F3N2O2/c10-9(11,12)5-1-2-6(14-4-5)3-7(13)8(15)16/h1-2,4,7H,3,13H2,(H,15,16). The molecule has 1 atom stereocenters. The van der Waals surface area contributed by atoms with Crippen LogP contribution in [-0.2, 0) is 17.4 Å². The van der Waals surface area contributed by atoms with Crippen molar-refractivity contribution >= 4 is 5.97 Å². The number of aliphatic carboxylic acids is 1. The Morgan fingerprint density at radius 2 is 2.12 bits per heavy atom. The monoisotopic (exact) mass is 234 g/mol. The minimum atomic E-state index is -4.44. The SMILES string of the molecule is NC(Cc1ccc(C(F)(F)F)cn1)C(=O)O. The van der Waals surface area contributed by atoms with Crippen molar-refractivity contribution in [2.24, 2.45) is 5.73 Å². The van der Waals surface area contributed by atoms with Crippen molar-refractivity contribution in [1.29, 1.82) is 0 Å². The van der Waals surface area contributed by atoms with E-state index in [4.69, 9.17) is 10.8 Å². The minimum Gasteiger partial charge on any atom is -0.480 e. The van der Waals surface area contributed by atoms with E-state index < -0.39 is 23.8 Å². The number of halogens is 3. The van der Waals surface area contributed by atoms with E-state index in [9.17, 15) is 18.0 Å². The molecule has 0 aromatic carbocycles. The number of aromatic nitrogens is 1. The number of hydrogen-bond donors (Lipinski definition) is 2. The van der Waals surface area contributed by atoms with Crippen molar-refractivity contribution in [1.82, 2.24) is 4.98 Å². The second-order valence-corrected chi connectivity index (χ2v) is 3.18. The third-order valence-electron chi connectivity index (χ3n) is 1.90. The summed E-state index contributed by atoms with van der Waals surface area (Å²) in [5, 5.41) is 8.49. The summed E-state index contributed by atoms with van der Waals surface area (Å²) in [5.74, 6) is -1.22. The highest BCUT2D eigenvalue weighted by molar-refractivity contribution is 5.73. The molecular formula is C9H9F3N2O2. The first-order chi connectivity index (χ1) is 7.30. The molecule has 7 heteroatoms. The van der Waals surface area contributed by atoms with E-state index in [2.05, 4.69) is 4.98 Å². The summed E-state index contributed by atoms with van der Waals surface area (Å²) in [4.78, 5) is 13.9. The lowest BCUT2D eigenvalue weighted by atomic mass is 10.1. The number of carbonyl (C=O) groups is 1. The van der Waals surface area contributed by atoms with Gasteiger partial charge in [0.1, 0.15) is 6.04 Å². The fraction of sp³-hybridized carbons (Fsp3) is 0.333. The molecule has 1 unspecified atom stereocenters. The zero-order chi connectivity index (χ0) is 12.3. The third-order valence-corrected chi connectivity index (χ3v) is 1.90. The van der Waals surface area contributed by atoms with Gasteiger partial charge in [-0.1, -0.05) is 0 Å². The molecule has 16 heavy (non-hydrogen) atoms. The maximum Gasteiger partial charge on any atom is 0.417 e. The molecule has 0 fully saturated rings. The quantitative estimate of drug-likeness (QED) is 0.819. The third kappa shape index (κ3) is 3.20. The summed E-state index contributed by atoms with van der Waals surface area (Å²) in [7, 11) is 0. The maximum atomic E-state index is 12.2. The minimum absolute atomic E-state index is 0.104. The molecule has 1 rings (SSSR count). The number of carboxylic acid groups (broad SMARTS) is 1. The van der Waals surface area contributed by atoms with Gasteiger partial charge < -0.3 is 10.8 Å². The molecule has 0 saturated heterocycles. The predicted molar refractivity (Wildman–Crippen MR) is 48.6 cm³/mol. The number of alkyl halides is 3. The van der Waals surface area contributed by atoms with Gasteiger partial charge in [0, 0.05) is 18.3 Å². The number of nitrogens with two attached hydrogens (primary N) is 1. The molecule has 0 radical (unpaired) electrons. The van der Waals surface area contributed by atoms with Crippen LogP contribution in [0.25, 0.3) is 0 Å². The van der Waals surface area contributed by atoms with Crippen molar-refractivity contribution in [3.63, 3.8) is 0 Å². The van der Waals surface area contributed by atoms with Gasteiger partial charge in [0.05, 0.1) is 5.56 Å². The molecule has 0 aliphatic rings. The molecule has 0 spiro atoms. The number of pyridine rings is 1. The largest absolute Gasteiger partial charge is 0.480 e. The van der Waals surface area contributed by atoms with Crippen molar-refractivity contribution in [2.75, 3.05) is 0 Å². The van der Waals surface area contributed by atoms with Crippen LogP contribution in [0.4, 0.5) is 13.2 Å². The van der Waals surface area contributed by atoms with Crippen LogP contribution < -0.4 is 5.73 Å². The highest BCUT2D eigenvalue weighted by Gasteiger charge is 2.30. The second-order valence-electron chi connectivity index (χ2n) is 3.18. The normalized spacial score (nSPS) is 13.5. The van der Waals surface area contributed by atoms with Gasteiger partial charge in [0.25, 0.3) is 0 Å². The van der Waals surface area contributed by atoms with Crippen LogP contribution in [0, 0.1) is 0 Å². The Kier molecular flexibility index (Phi) is 3.48. The van der Waals surface area contributed by atoms with Crippen LogP contribution in [0.5, 0.6) is 0 Å². The summed E-state index contributed by atoms with van der Waals surface area (Å²) in [6.07, 6.45) is -3.89. The van der Waals surface area contributed by atoms with Crippen LogP contribution in [0.3, 0.4) is 0 Å². The van der Waals surface area contributed by atoms with Gasteiger partial charge in [-0.25, -0.2) is 0 Å². The van der Waals surface area contributed by atoms with E-state index in [-0.39, 0.29) is 12.1 Å². The fourth-order valence-electron chi connectivity index (χ4n) is 1.03. The Balaban J connectivity index is 2.76. The smallest absolute Gasteiger partial charge is 0.417 e. The van der Waals surface area contributed by atoms with E-state index >= 15 is 0 Å². The lowest BCUT2D eigenvalue weighted by Crippen LogP contribution is -2.32. The molecule has 88 valence electrons.